The Morgan fingerprint density at radius 2 is 2.00 bits per heavy atom. The summed E-state index contributed by atoms with van der Waals surface area (Å²) in [5.41, 5.74) is 1.56. The lowest BCUT2D eigenvalue weighted by molar-refractivity contribution is 0.104. The molecule has 0 aliphatic carbocycles. The minimum atomic E-state index is -0.0231. The number of carbonyl (C=O) groups is 1. The van der Waals surface area contributed by atoms with E-state index in [9.17, 15) is 4.79 Å². The smallest absolute Gasteiger partial charge is 0.187 e. The standard InChI is InChI=1S/C12H15N3O/c1-13-8-7-12(16)10-3-5-11(6-4-10)15-9-14-2/h3-9,13H,1-2H3,(H,14,15)/b8-7+. The van der Waals surface area contributed by atoms with Crippen LogP contribution in [0, 0.1) is 0 Å². The Morgan fingerprint density at radius 1 is 1.31 bits per heavy atom. The number of nitrogens with zero attached hydrogens (tertiary/aromatic N) is 1. The van der Waals surface area contributed by atoms with Gasteiger partial charge in [0.05, 0.1) is 6.34 Å². The molecule has 4 heteroatoms. The van der Waals surface area contributed by atoms with Crippen molar-refractivity contribution in [3.8, 4) is 0 Å². The SMILES string of the molecule is CN=CNc1ccc(C(=O)/C=C/NC)cc1. The first kappa shape index (κ1) is 12.0. The van der Waals surface area contributed by atoms with Gasteiger partial charge in [0.2, 0.25) is 0 Å². The number of anilines is 1. The van der Waals surface area contributed by atoms with E-state index in [0.29, 0.717) is 5.56 Å². The Kier molecular flexibility index (Phi) is 4.79. The van der Waals surface area contributed by atoms with Crippen molar-refractivity contribution in [2.24, 2.45) is 4.99 Å². The van der Waals surface area contributed by atoms with E-state index in [0.717, 1.165) is 5.69 Å². The second-order valence-electron chi connectivity index (χ2n) is 3.10. The summed E-state index contributed by atoms with van der Waals surface area (Å²) in [6.07, 6.45) is 4.70. The van der Waals surface area contributed by atoms with Crippen LogP contribution in [0.5, 0.6) is 0 Å². The maximum atomic E-state index is 11.6. The van der Waals surface area contributed by atoms with Crippen LogP contribution in [0.1, 0.15) is 10.4 Å². The van der Waals surface area contributed by atoms with Crippen molar-refractivity contribution in [3.63, 3.8) is 0 Å². The number of allylic oxidation sites excluding steroid dienone is 1. The molecule has 0 aromatic heterocycles. The maximum Gasteiger partial charge on any atom is 0.187 e. The minimum absolute atomic E-state index is 0.0231. The molecule has 1 aromatic carbocycles. The molecule has 0 amide bonds. The zero-order chi connectivity index (χ0) is 11.8. The fourth-order valence-electron chi connectivity index (χ4n) is 1.13. The summed E-state index contributed by atoms with van der Waals surface area (Å²) >= 11 is 0. The highest BCUT2D eigenvalue weighted by Crippen LogP contribution is 2.09. The molecule has 16 heavy (non-hydrogen) atoms. The summed E-state index contributed by atoms with van der Waals surface area (Å²) in [7, 11) is 3.44. The van der Waals surface area contributed by atoms with Gasteiger partial charge in [0.15, 0.2) is 5.78 Å². The number of rotatable bonds is 5. The third-order valence-corrected chi connectivity index (χ3v) is 1.93. The van der Waals surface area contributed by atoms with Crippen LogP contribution in [0.3, 0.4) is 0 Å². The molecule has 0 saturated carbocycles. The maximum absolute atomic E-state index is 11.6. The van der Waals surface area contributed by atoms with Crippen molar-refractivity contribution in [1.82, 2.24) is 5.32 Å². The van der Waals surface area contributed by atoms with Gasteiger partial charge < -0.3 is 10.6 Å². The number of ketones is 1. The van der Waals surface area contributed by atoms with Crippen molar-refractivity contribution >= 4 is 17.8 Å². The predicted octanol–water partition coefficient (Wildman–Crippen LogP) is 1.67. The molecular weight excluding hydrogens is 202 g/mol. The monoisotopic (exact) mass is 217 g/mol. The van der Waals surface area contributed by atoms with Crippen LogP contribution in [0.15, 0.2) is 41.5 Å². The molecule has 0 fully saturated rings. The van der Waals surface area contributed by atoms with Gasteiger partial charge in [0.1, 0.15) is 0 Å². The summed E-state index contributed by atoms with van der Waals surface area (Å²) in [4.78, 5) is 15.4. The van der Waals surface area contributed by atoms with Crippen LogP contribution in [-0.2, 0) is 0 Å². The van der Waals surface area contributed by atoms with Gasteiger partial charge in [-0.1, -0.05) is 0 Å². The molecule has 1 rings (SSSR count). The Bertz CT molecular complexity index is 393. The Labute approximate surface area is 95.1 Å². The highest BCUT2D eigenvalue weighted by Gasteiger charge is 2.00. The molecule has 0 atom stereocenters. The zero-order valence-corrected chi connectivity index (χ0v) is 9.40. The summed E-state index contributed by atoms with van der Waals surface area (Å²) < 4.78 is 0. The van der Waals surface area contributed by atoms with Gasteiger partial charge in [-0.3, -0.25) is 9.79 Å². The number of benzene rings is 1. The molecule has 1 aromatic rings. The fourth-order valence-corrected chi connectivity index (χ4v) is 1.13. The second kappa shape index (κ2) is 6.40. The predicted molar refractivity (Wildman–Crippen MR) is 67.0 cm³/mol. The third-order valence-electron chi connectivity index (χ3n) is 1.93. The van der Waals surface area contributed by atoms with Gasteiger partial charge in [-0.05, 0) is 24.3 Å². The molecular formula is C12H15N3O. The number of nitrogens with one attached hydrogen (secondary N) is 2. The third kappa shape index (κ3) is 3.57. The highest BCUT2D eigenvalue weighted by atomic mass is 16.1. The molecule has 4 nitrogen and oxygen atoms in total. The molecule has 0 saturated heterocycles. The van der Waals surface area contributed by atoms with E-state index >= 15 is 0 Å². The largest absolute Gasteiger partial charge is 0.394 e. The van der Waals surface area contributed by atoms with Gasteiger partial charge in [-0.25, -0.2) is 0 Å². The Hall–Kier alpha value is -2.10. The normalized spacial score (nSPS) is 10.9. The van der Waals surface area contributed by atoms with Gasteiger partial charge >= 0.3 is 0 Å². The molecule has 2 N–H and O–H groups in total. The average molecular weight is 217 g/mol. The summed E-state index contributed by atoms with van der Waals surface area (Å²) in [5.74, 6) is -0.0231. The van der Waals surface area contributed by atoms with E-state index in [1.165, 1.54) is 6.08 Å². The van der Waals surface area contributed by atoms with Crippen LogP contribution in [0.2, 0.25) is 0 Å². The molecule has 84 valence electrons. The lowest BCUT2D eigenvalue weighted by atomic mass is 10.1. The van der Waals surface area contributed by atoms with Crippen LogP contribution >= 0.6 is 0 Å². The van der Waals surface area contributed by atoms with Crippen LogP contribution in [0.25, 0.3) is 0 Å². The van der Waals surface area contributed by atoms with Gasteiger partial charge in [-0.2, -0.15) is 0 Å². The van der Waals surface area contributed by atoms with E-state index in [-0.39, 0.29) is 5.78 Å². The van der Waals surface area contributed by atoms with Gasteiger partial charge in [-0.15, -0.1) is 0 Å². The van der Waals surface area contributed by atoms with E-state index in [4.69, 9.17) is 0 Å². The van der Waals surface area contributed by atoms with E-state index in [1.807, 2.05) is 12.1 Å². The van der Waals surface area contributed by atoms with Crippen LogP contribution in [0.4, 0.5) is 5.69 Å². The first-order valence-corrected chi connectivity index (χ1v) is 4.93. The van der Waals surface area contributed by atoms with Crippen molar-refractivity contribution in [3.05, 3.63) is 42.1 Å². The van der Waals surface area contributed by atoms with Crippen molar-refractivity contribution < 1.29 is 4.79 Å². The molecule has 0 spiro atoms. The summed E-state index contributed by atoms with van der Waals surface area (Å²) in [5, 5.41) is 5.75. The summed E-state index contributed by atoms with van der Waals surface area (Å²) in [6.45, 7) is 0. The minimum Gasteiger partial charge on any atom is -0.394 e. The molecule has 0 radical (unpaired) electrons. The van der Waals surface area contributed by atoms with Crippen LogP contribution < -0.4 is 10.6 Å². The molecule has 0 aliphatic rings. The average Bonchev–Trinajstić information content (AvgIpc) is 2.34. The zero-order valence-electron chi connectivity index (χ0n) is 9.40. The molecule has 0 bridgehead atoms. The quantitative estimate of drug-likeness (QED) is 0.341. The van der Waals surface area contributed by atoms with Crippen molar-refractivity contribution in [1.29, 1.82) is 0 Å². The van der Waals surface area contributed by atoms with E-state index < -0.39 is 0 Å². The number of hydrogen-bond acceptors (Lipinski definition) is 3. The molecule has 0 heterocycles. The van der Waals surface area contributed by atoms with Gasteiger partial charge in [0, 0.05) is 37.6 Å². The molecule has 0 aliphatic heterocycles. The first-order valence-electron chi connectivity index (χ1n) is 4.93. The van der Waals surface area contributed by atoms with Crippen LogP contribution in [-0.4, -0.2) is 26.2 Å². The van der Waals surface area contributed by atoms with E-state index in [1.54, 1.807) is 38.8 Å². The second-order valence-corrected chi connectivity index (χ2v) is 3.10. The van der Waals surface area contributed by atoms with Crippen molar-refractivity contribution in [2.75, 3.05) is 19.4 Å². The number of hydrogen-bond donors (Lipinski definition) is 2. The Balaban J connectivity index is 2.70. The van der Waals surface area contributed by atoms with E-state index in [2.05, 4.69) is 15.6 Å². The highest BCUT2D eigenvalue weighted by molar-refractivity contribution is 6.04. The number of aliphatic imine (C=N–C) groups is 1. The van der Waals surface area contributed by atoms with Crippen molar-refractivity contribution in [2.45, 2.75) is 0 Å². The Morgan fingerprint density at radius 3 is 2.56 bits per heavy atom. The topological polar surface area (TPSA) is 53.5 Å². The number of carbonyl (C=O) groups excluding carboxylic acids is 1. The lowest BCUT2D eigenvalue weighted by Crippen LogP contribution is -1.99. The fraction of sp³-hybridized carbons (Fsp3) is 0.167. The molecule has 0 unspecified atom stereocenters. The van der Waals surface area contributed by atoms with Gasteiger partial charge in [0.25, 0.3) is 0 Å². The lowest BCUT2D eigenvalue weighted by Gasteiger charge is -2.00. The summed E-state index contributed by atoms with van der Waals surface area (Å²) in [6, 6.07) is 7.21. The first-order chi connectivity index (χ1) is 7.77.